The van der Waals surface area contributed by atoms with Crippen molar-refractivity contribution in [2.45, 2.75) is 62.3 Å². The number of ether oxygens (including phenoxy) is 1. The number of carbonyl (C=O) groups is 3. The first-order valence-corrected chi connectivity index (χ1v) is 18.5. The summed E-state index contributed by atoms with van der Waals surface area (Å²) in [5.74, 6) is -1.88. The van der Waals surface area contributed by atoms with E-state index < -0.39 is 57.0 Å². The number of carboxylic acid groups (broad SMARTS) is 1. The fraction of sp³-hybridized carbons (Fsp3) is 0.516. The summed E-state index contributed by atoms with van der Waals surface area (Å²) >= 11 is 1.32. The summed E-state index contributed by atoms with van der Waals surface area (Å²) in [5, 5.41) is 16.1. The van der Waals surface area contributed by atoms with Gasteiger partial charge in [-0.1, -0.05) is 12.1 Å². The molecule has 14 nitrogen and oxygen atoms in total. The molecule has 3 aliphatic heterocycles. The van der Waals surface area contributed by atoms with Crippen molar-refractivity contribution >= 4 is 45.2 Å². The van der Waals surface area contributed by atoms with Gasteiger partial charge in [-0.2, -0.15) is 0 Å². The monoisotopic (exact) mass is 701 g/mol. The number of aliphatic carboxylic acids is 1. The van der Waals surface area contributed by atoms with Crippen molar-refractivity contribution in [2.24, 2.45) is 4.99 Å². The molecule has 6 aliphatic rings. The third-order valence-corrected chi connectivity index (χ3v) is 11.7. The molecule has 8 rings (SSSR count). The summed E-state index contributed by atoms with van der Waals surface area (Å²) in [4.78, 5) is 54.5. The first-order valence-electron chi connectivity index (χ1n) is 15.7. The first-order chi connectivity index (χ1) is 22.7. The van der Waals surface area contributed by atoms with Crippen LogP contribution in [0.1, 0.15) is 48.4 Å². The zero-order chi connectivity index (χ0) is 34.2. The second kappa shape index (κ2) is 11.6. The van der Waals surface area contributed by atoms with Crippen molar-refractivity contribution in [3.8, 4) is 0 Å². The molecule has 2 amide bonds. The highest BCUT2D eigenvalue weighted by molar-refractivity contribution is 7.88. The Bertz CT molecular complexity index is 1850. The highest BCUT2D eigenvalue weighted by atomic mass is 32.2. The van der Waals surface area contributed by atoms with Crippen molar-refractivity contribution in [2.75, 3.05) is 39.0 Å². The summed E-state index contributed by atoms with van der Waals surface area (Å²) < 4.78 is 46.7. The summed E-state index contributed by atoms with van der Waals surface area (Å²) in [5.41, 5.74) is 0.224. The maximum Gasteiger partial charge on any atom is 0.338 e. The number of nitrogens with one attached hydrogen (secondary N) is 2. The standard InChI is InChI=1S/C31H36FN7O7S2/c1-4-46-28(42)22-20(34-25(26-33-8-11-47-26)35-23(22)18-6-5-7-19(32)17(18)2)12-37-9-10-38-21(24(37)27(40)41)13-39(29(38)43)31-14-30(15-31,16-31)36-48(3,44)45/h5-8,11,21,23-24,36H,4,9-10,12-16H2,1-3H3,(H,34,35)(H,40,41)/t21-,23+,24+,30?,31?/m1/s1. The maximum absolute atomic E-state index is 14.8. The van der Waals surface area contributed by atoms with Gasteiger partial charge in [-0.15, -0.1) is 11.3 Å². The minimum Gasteiger partial charge on any atom is -0.480 e. The second-order valence-electron chi connectivity index (χ2n) is 13.2. The Kier molecular flexibility index (Phi) is 7.88. The Hall–Kier alpha value is -3.93. The Morgan fingerprint density at radius 2 is 2.00 bits per heavy atom. The quantitative estimate of drug-likeness (QED) is 0.309. The molecule has 0 radical (unpaired) electrons. The van der Waals surface area contributed by atoms with Crippen LogP contribution in [0, 0.1) is 12.7 Å². The number of hydrogen-bond acceptors (Lipinski definition) is 11. The van der Waals surface area contributed by atoms with E-state index in [1.807, 2.05) is 0 Å². The van der Waals surface area contributed by atoms with Crippen molar-refractivity contribution in [3.63, 3.8) is 0 Å². The lowest BCUT2D eigenvalue weighted by Gasteiger charge is -2.72. The second-order valence-corrected chi connectivity index (χ2v) is 15.9. The van der Waals surface area contributed by atoms with Gasteiger partial charge in [0, 0.05) is 49.0 Å². The molecule has 2 saturated heterocycles. The molecule has 48 heavy (non-hydrogen) atoms. The van der Waals surface area contributed by atoms with Gasteiger partial charge in [-0.3, -0.25) is 14.7 Å². The number of fused-ring (bicyclic) bond motifs is 1. The molecule has 17 heteroatoms. The van der Waals surface area contributed by atoms with Crippen LogP contribution in [0.25, 0.3) is 0 Å². The smallest absolute Gasteiger partial charge is 0.338 e. The Morgan fingerprint density at radius 1 is 1.25 bits per heavy atom. The minimum absolute atomic E-state index is 0.0224. The van der Waals surface area contributed by atoms with Crippen LogP contribution in [0.5, 0.6) is 0 Å². The van der Waals surface area contributed by atoms with Crippen molar-refractivity contribution in [1.82, 2.24) is 29.7 Å². The van der Waals surface area contributed by atoms with Gasteiger partial charge in [0.15, 0.2) is 10.8 Å². The molecule has 3 N–H and O–H groups in total. The number of aromatic nitrogens is 1. The molecular formula is C31H36FN7O7S2. The normalized spacial score (nSPS) is 29.9. The van der Waals surface area contributed by atoms with Gasteiger partial charge >= 0.3 is 18.0 Å². The number of esters is 1. The van der Waals surface area contributed by atoms with Crippen LogP contribution in [0.15, 0.2) is 46.0 Å². The van der Waals surface area contributed by atoms with Gasteiger partial charge in [0.05, 0.1) is 30.0 Å². The number of amides is 2. The fourth-order valence-electron chi connectivity index (χ4n) is 8.20. The number of halogens is 1. The third-order valence-electron chi connectivity index (χ3n) is 10.1. The van der Waals surface area contributed by atoms with E-state index in [0.717, 1.165) is 6.26 Å². The molecule has 1 aromatic carbocycles. The zero-order valence-electron chi connectivity index (χ0n) is 26.6. The predicted octanol–water partition coefficient (Wildman–Crippen LogP) is 1.60. The lowest BCUT2D eigenvalue weighted by molar-refractivity contribution is -0.150. The van der Waals surface area contributed by atoms with E-state index in [2.05, 4.69) is 15.0 Å². The molecular weight excluding hydrogens is 666 g/mol. The van der Waals surface area contributed by atoms with Gasteiger partial charge < -0.3 is 25.0 Å². The fourth-order valence-corrected chi connectivity index (χ4v) is 9.79. The number of urea groups is 1. The molecule has 256 valence electrons. The third kappa shape index (κ3) is 5.36. The van der Waals surface area contributed by atoms with E-state index in [4.69, 9.17) is 9.73 Å². The molecule has 0 unspecified atom stereocenters. The molecule has 3 atom stereocenters. The van der Waals surface area contributed by atoms with Crippen molar-refractivity contribution < 1.29 is 37.0 Å². The summed E-state index contributed by atoms with van der Waals surface area (Å²) in [6.45, 7) is 3.98. The number of rotatable bonds is 10. The molecule has 3 aliphatic carbocycles. The Labute approximate surface area is 280 Å². The predicted molar refractivity (Wildman–Crippen MR) is 172 cm³/mol. The summed E-state index contributed by atoms with van der Waals surface area (Å²) in [6.07, 6.45) is 4.19. The van der Waals surface area contributed by atoms with Gasteiger partial charge in [-0.25, -0.2) is 32.1 Å². The number of carbonyl (C=O) groups excluding carboxylic acids is 2. The van der Waals surface area contributed by atoms with E-state index in [-0.39, 0.29) is 44.4 Å². The zero-order valence-corrected chi connectivity index (χ0v) is 28.2. The average Bonchev–Trinajstić information content (AvgIpc) is 3.63. The number of benzene rings is 1. The molecule has 4 heterocycles. The van der Waals surface area contributed by atoms with Crippen LogP contribution >= 0.6 is 11.3 Å². The van der Waals surface area contributed by atoms with Crippen LogP contribution in [0.3, 0.4) is 0 Å². The van der Waals surface area contributed by atoms with Crippen molar-refractivity contribution in [3.05, 3.63) is 63.0 Å². The lowest BCUT2D eigenvalue weighted by Crippen LogP contribution is -2.83. The SMILES string of the molecule is CCOC(=O)C1=C(CN2CCN3C(=O)N(C45CC(NS(C)(=O)=O)(C4)C5)C[C@@H]3[C@H]2C(=O)O)NC(c2nccs2)=N[C@H]1c1cccc(F)c1C. The number of thiazole rings is 1. The van der Waals surface area contributed by atoms with E-state index >= 15 is 0 Å². The van der Waals surface area contributed by atoms with Gasteiger partial charge in [0.2, 0.25) is 10.0 Å². The number of hydrogen-bond donors (Lipinski definition) is 3. The number of amidine groups is 1. The summed E-state index contributed by atoms with van der Waals surface area (Å²) in [7, 11) is -3.41. The van der Waals surface area contributed by atoms with Gasteiger partial charge in [-0.05, 0) is 50.3 Å². The van der Waals surface area contributed by atoms with Crippen LogP contribution in [-0.4, -0.2) is 119 Å². The topological polar surface area (TPSA) is 174 Å². The molecule has 0 spiro atoms. The van der Waals surface area contributed by atoms with Gasteiger partial charge in [0.1, 0.15) is 17.9 Å². The first kappa shape index (κ1) is 32.6. The Morgan fingerprint density at radius 3 is 2.65 bits per heavy atom. The minimum atomic E-state index is -3.41. The number of aliphatic imine (C=N–C) groups is 1. The van der Waals surface area contributed by atoms with Crippen LogP contribution in [0.4, 0.5) is 9.18 Å². The highest BCUT2D eigenvalue weighted by Crippen LogP contribution is 2.64. The molecule has 2 bridgehead atoms. The number of carboxylic acids is 1. The maximum atomic E-state index is 14.8. The van der Waals surface area contributed by atoms with Crippen LogP contribution in [0.2, 0.25) is 0 Å². The van der Waals surface area contributed by atoms with Crippen LogP contribution in [-0.2, 0) is 24.3 Å². The van der Waals surface area contributed by atoms with Crippen LogP contribution < -0.4 is 10.0 Å². The Balaban J connectivity index is 1.21. The largest absolute Gasteiger partial charge is 0.480 e. The number of nitrogens with zero attached hydrogens (tertiary/aromatic N) is 5. The van der Waals surface area contributed by atoms with E-state index in [9.17, 15) is 32.3 Å². The highest BCUT2D eigenvalue weighted by Gasteiger charge is 2.74. The molecule has 1 aromatic heterocycles. The van der Waals surface area contributed by atoms with E-state index in [1.165, 1.54) is 17.4 Å². The van der Waals surface area contributed by atoms with E-state index in [1.54, 1.807) is 52.3 Å². The average molecular weight is 702 g/mol. The lowest BCUT2D eigenvalue weighted by atomic mass is 9.44. The number of piperazine rings is 1. The van der Waals surface area contributed by atoms with E-state index in [0.29, 0.717) is 46.9 Å². The molecule has 3 saturated carbocycles. The number of sulfonamides is 1. The molecule has 5 fully saturated rings. The molecule has 2 aromatic rings. The summed E-state index contributed by atoms with van der Waals surface area (Å²) in [6, 6.07) is 1.58. The van der Waals surface area contributed by atoms with Gasteiger partial charge in [0.25, 0.3) is 0 Å². The van der Waals surface area contributed by atoms with Crippen molar-refractivity contribution in [1.29, 1.82) is 0 Å².